The van der Waals surface area contributed by atoms with E-state index in [1.165, 1.54) is 4.90 Å². The molecule has 2 rings (SSSR count). The highest BCUT2D eigenvalue weighted by atomic mass is 35.5. The molecular weight excluding hydrogens is 474 g/mol. The predicted molar refractivity (Wildman–Crippen MR) is 137 cm³/mol. The lowest BCUT2D eigenvalue weighted by molar-refractivity contribution is -0.139. The standard InChI is InChI=1S/C25H34ClN3O4S/c1-7-18(3)27-25(31)20(5)28(15-21-12-9-8-11-17(21)2)24(30)16-29(34(6,32)33)23-14-10-13-22(26)19(23)4/h8-14,18,20H,7,15-16H2,1-6H3,(H,27,31). The Bertz CT molecular complexity index is 1140. The molecule has 0 fully saturated rings. The molecule has 2 aromatic carbocycles. The van der Waals surface area contributed by atoms with Crippen molar-refractivity contribution in [2.75, 3.05) is 17.1 Å². The molecule has 0 heterocycles. The smallest absolute Gasteiger partial charge is 0.244 e. The topological polar surface area (TPSA) is 86.8 Å². The molecule has 0 saturated heterocycles. The first-order valence-electron chi connectivity index (χ1n) is 11.2. The van der Waals surface area contributed by atoms with Gasteiger partial charge in [-0.3, -0.25) is 13.9 Å². The van der Waals surface area contributed by atoms with Crippen molar-refractivity contribution < 1.29 is 18.0 Å². The van der Waals surface area contributed by atoms with Crippen LogP contribution in [0.25, 0.3) is 0 Å². The molecule has 7 nitrogen and oxygen atoms in total. The average molecular weight is 508 g/mol. The lowest BCUT2D eigenvalue weighted by Gasteiger charge is -2.32. The minimum absolute atomic E-state index is 0.0491. The van der Waals surface area contributed by atoms with E-state index in [9.17, 15) is 18.0 Å². The maximum absolute atomic E-state index is 13.6. The van der Waals surface area contributed by atoms with Gasteiger partial charge in [-0.05, 0) is 62.9 Å². The summed E-state index contributed by atoms with van der Waals surface area (Å²) in [6.07, 6.45) is 1.80. The maximum atomic E-state index is 13.6. The zero-order chi connectivity index (χ0) is 25.6. The third-order valence-corrected chi connectivity index (χ3v) is 7.49. The van der Waals surface area contributed by atoms with Crippen LogP contribution >= 0.6 is 11.6 Å². The molecule has 186 valence electrons. The molecule has 0 radical (unpaired) electrons. The van der Waals surface area contributed by atoms with Crippen LogP contribution in [0.4, 0.5) is 5.69 Å². The fraction of sp³-hybridized carbons (Fsp3) is 0.440. The highest BCUT2D eigenvalue weighted by molar-refractivity contribution is 7.92. The monoisotopic (exact) mass is 507 g/mol. The molecule has 0 aliphatic rings. The van der Waals surface area contributed by atoms with Gasteiger partial charge in [-0.25, -0.2) is 8.42 Å². The summed E-state index contributed by atoms with van der Waals surface area (Å²) in [6.45, 7) is 8.87. The third kappa shape index (κ3) is 6.96. The Morgan fingerprint density at radius 1 is 1.06 bits per heavy atom. The Balaban J connectivity index is 2.45. The normalized spacial score (nSPS) is 13.1. The zero-order valence-corrected chi connectivity index (χ0v) is 22.2. The number of aryl methyl sites for hydroxylation is 1. The SMILES string of the molecule is CCC(C)NC(=O)C(C)N(Cc1ccccc1C)C(=O)CN(c1cccc(Cl)c1C)S(C)(=O)=O. The molecule has 0 spiro atoms. The molecule has 9 heteroatoms. The Kier molecular flexibility index (Phi) is 9.53. The average Bonchev–Trinajstić information content (AvgIpc) is 2.77. The number of hydrogen-bond acceptors (Lipinski definition) is 4. The van der Waals surface area contributed by atoms with Gasteiger partial charge in [0.25, 0.3) is 0 Å². The number of carbonyl (C=O) groups is 2. The molecule has 1 N–H and O–H groups in total. The first kappa shape index (κ1) is 27.7. The van der Waals surface area contributed by atoms with Crippen molar-refractivity contribution in [1.29, 1.82) is 0 Å². The second-order valence-corrected chi connectivity index (χ2v) is 10.9. The summed E-state index contributed by atoms with van der Waals surface area (Å²) in [6, 6.07) is 11.7. The lowest BCUT2D eigenvalue weighted by Crippen LogP contribution is -2.52. The van der Waals surface area contributed by atoms with Gasteiger partial charge in [0.15, 0.2) is 0 Å². The fourth-order valence-corrected chi connectivity index (χ4v) is 4.55. The van der Waals surface area contributed by atoms with E-state index in [1.54, 1.807) is 32.0 Å². The largest absolute Gasteiger partial charge is 0.352 e. The van der Waals surface area contributed by atoms with Crippen molar-refractivity contribution in [3.05, 3.63) is 64.2 Å². The van der Waals surface area contributed by atoms with Crippen LogP contribution in [0.5, 0.6) is 0 Å². The number of amides is 2. The van der Waals surface area contributed by atoms with Gasteiger partial charge >= 0.3 is 0 Å². The molecule has 0 aliphatic carbocycles. The molecule has 2 amide bonds. The van der Waals surface area contributed by atoms with Crippen molar-refractivity contribution in [3.8, 4) is 0 Å². The van der Waals surface area contributed by atoms with Crippen LogP contribution in [0, 0.1) is 13.8 Å². The van der Waals surface area contributed by atoms with E-state index in [2.05, 4.69) is 5.32 Å². The van der Waals surface area contributed by atoms with Crippen molar-refractivity contribution in [1.82, 2.24) is 10.2 Å². The highest BCUT2D eigenvalue weighted by Crippen LogP contribution is 2.28. The van der Waals surface area contributed by atoms with Crippen LogP contribution in [-0.4, -0.2) is 50.0 Å². The summed E-state index contributed by atoms with van der Waals surface area (Å²) in [5, 5.41) is 3.31. The molecular formula is C25H34ClN3O4S. The first-order chi connectivity index (χ1) is 15.9. The minimum atomic E-state index is -3.81. The van der Waals surface area contributed by atoms with Gasteiger partial charge in [0.05, 0.1) is 11.9 Å². The van der Waals surface area contributed by atoms with Gasteiger partial charge in [-0.1, -0.05) is 48.9 Å². The molecule has 0 aromatic heterocycles. The summed E-state index contributed by atoms with van der Waals surface area (Å²) in [4.78, 5) is 28.0. The summed E-state index contributed by atoms with van der Waals surface area (Å²) in [7, 11) is -3.81. The van der Waals surface area contributed by atoms with Crippen LogP contribution in [0.3, 0.4) is 0 Å². The Morgan fingerprint density at radius 2 is 1.71 bits per heavy atom. The van der Waals surface area contributed by atoms with E-state index in [0.29, 0.717) is 16.3 Å². The van der Waals surface area contributed by atoms with Gasteiger partial charge in [-0.15, -0.1) is 0 Å². The number of anilines is 1. The van der Waals surface area contributed by atoms with Crippen molar-refractivity contribution in [2.24, 2.45) is 0 Å². The lowest BCUT2D eigenvalue weighted by atomic mass is 10.1. The van der Waals surface area contributed by atoms with Crippen LogP contribution in [0.1, 0.15) is 43.9 Å². The Morgan fingerprint density at radius 3 is 2.29 bits per heavy atom. The number of hydrogen-bond donors (Lipinski definition) is 1. The summed E-state index contributed by atoms with van der Waals surface area (Å²) in [5.74, 6) is -0.777. The van der Waals surface area contributed by atoms with Crippen LogP contribution in [0.15, 0.2) is 42.5 Å². The summed E-state index contributed by atoms with van der Waals surface area (Å²) in [5.41, 5.74) is 2.73. The van der Waals surface area contributed by atoms with Crippen LogP contribution in [0.2, 0.25) is 5.02 Å². The second-order valence-electron chi connectivity index (χ2n) is 8.60. The predicted octanol–water partition coefficient (Wildman–Crippen LogP) is 4.05. The number of sulfonamides is 1. The van der Waals surface area contributed by atoms with Gasteiger partial charge in [0.2, 0.25) is 21.8 Å². The quantitative estimate of drug-likeness (QED) is 0.525. The minimum Gasteiger partial charge on any atom is -0.352 e. The molecule has 0 aliphatic heterocycles. The first-order valence-corrected chi connectivity index (χ1v) is 13.5. The van der Waals surface area contributed by atoms with Crippen LogP contribution in [-0.2, 0) is 26.2 Å². The van der Waals surface area contributed by atoms with E-state index in [4.69, 9.17) is 11.6 Å². The number of nitrogens with zero attached hydrogens (tertiary/aromatic N) is 2. The zero-order valence-electron chi connectivity index (χ0n) is 20.6. The second kappa shape index (κ2) is 11.7. The molecule has 2 atom stereocenters. The summed E-state index contributed by atoms with van der Waals surface area (Å²) >= 11 is 6.22. The fourth-order valence-electron chi connectivity index (χ4n) is 3.48. The van der Waals surface area contributed by atoms with E-state index in [1.807, 2.05) is 45.0 Å². The van der Waals surface area contributed by atoms with Crippen molar-refractivity contribution in [3.63, 3.8) is 0 Å². The molecule has 2 unspecified atom stereocenters. The van der Waals surface area contributed by atoms with Crippen LogP contribution < -0.4 is 9.62 Å². The van der Waals surface area contributed by atoms with E-state index >= 15 is 0 Å². The number of carbonyl (C=O) groups excluding carboxylic acids is 2. The van der Waals surface area contributed by atoms with Crippen molar-refractivity contribution in [2.45, 2.75) is 59.7 Å². The van der Waals surface area contributed by atoms with Gasteiger partial charge in [-0.2, -0.15) is 0 Å². The number of rotatable bonds is 10. The van der Waals surface area contributed by atoms with E-state index in [-0.39, 0.29) is 18.5 Å². The van der Waals surface area contributed by atoms with E-state index < -0.39 is 28.5 Å². The Labute approximate surface area is 208 Å². The van der Waals surface area contributed by atoms with E-state index in [0.717, 1.165) is 28.1 Å². The highest BCUT2D eigenvalue weighted by Gasteiger charge is 2.31. The molecule has 0 saturated carbocycles. The molecule has 0 bridgehead atoms. The van der Waals surface area contributed by atoms with Gasteiger partial charge < -0.3 is 10.2 Å². The molecule has 2 aromatic rings. The van der Waals surface area contributed by atoms with Gasteiger partial charge in [0, 0.05) is 17.6 Å². The van der Waals surface area contributed by atoms with Gasteiger partial charge in [0.1, 0.15) is 12.6 Å². The molecule has 34 heavy (non-hydrogen) atoms. The number of benzene rings is 2. The Hall–Kier alpha value is -2.58. The summed E-state index contributed by atoms with van der Waals surface area (Å²) < 4.78 is 26.4. The number of nitrogens with one attached hydrogen (secondary N) is 1. The maximum Gasteiger partial charge on any atom is 0.244 e. The third-order valence-electron chi connectivity index (χ3n) is 5.96. The van der Waals surface area contributed by atoms with Crippen molar-refractivity contribution >= 4 is 39.1 Å². The number of halogens is 1.